The van der Waals surface area contributed by atoms with E-state index in [2.05, 4.69) is 4.74 Å². The van der Waals surface area contributed by atoms with E-state index in [0.29, 0.717) is 28.4 Å². The van der Waals surface area contributed by atoms with Crippen LogP contribution in [0.1, 0.15) is 36.7 Å². The molecule has 1 aliphatic heterocycles. The molecule has 2 aromatic carbocycles. The van der Waals surface area contributed by atoms with Crippen molar-refractivity contribution in [3.8, 4) is 28.2 Å². The topological polar surface area (TPSA) is 82.8 Å². The maximum Gasteiger partial charge on any atom is 0.305 e. The molecule has 0 atom stereocenters. The van der Waals surface area contributed by atoms with Crippen LogP contribution >= 0.6 is 0 Å². The van der Waals surface area contributed by atoms with E-state index in [1.54, 1.807) is 24.3 Å². The molecule has 34 heavy (non-hydrogen) atoms. The number of esters is 1. The predicted octanol–water partition coefficient (Wildman–Crippen LogP) is 5.89. The average Bonchev–Trinajstić information content (AvgIpc) is 2.83. The van der Waals surface area contributed by atoms with Gasteiger partial charge in [-0.25, -0.2) is 8.78 Å². The van der Waals surface area contributed by atoms with Gasteiger partial charge in [0.25, 0.3) is 0 Å². The lowest BCUT2D eigenvalue weighted by Crippen LogP contribution is -2.12. The Labute approximate surface area is 194 Å². The molecule has 2 aromatic rings. The number of carbonyl (C=O) groups excluding carboxylic acids is 2. The highest BCUT2D eigenvalue weighted by Crippen LogP contribution is 2.42. The highest BCUT2D eigenvalue weighted by Gasteiger charge is 2.24. The van der Waals surface area contributed by atoms with Crippen molar-refractivity contribution in [1.29, 1.82) is 0 Å². The molecule has 0 aromatic heterocycles. The summed E-state index contributed by atoms with van der Waals surface area (Å²) in [5.74, 6) is -2.41. The van der Waals surface area contributed by atoms with E-state index in [9.17, 15) is 23.2 Å². The number of ether oxygens (including phenoxy) is 2. The van der Waals surface area contributed by atoms with Crippen molar-refractivity contribution < 1.29 is 32.3 Å². The third-order valence-corrected chi connectivity index (χ3v) is 5.01. The number of carbonyl (C=O) groups is 2. The molecule has 2 aliphatic rings. The maximum atomic E-state index is 14.8. The molecule has 6 nitrogen and oxygen atoms in total. The summed E-state index contributed by atoms with van der Waals surface area (Å²) in [6, 6.07) is 9.90. The summed E-state index contributed by atoms with van der Waals surface area (Å²) in [7, 11) is 0. The van der Waals surface area contributed by atoms with Gasteiger partial charge in [0, 0.05) is 40.6 Å². The summed E-state index contributed by atoms with van der Waals surface area (Å²) in [5, 5.41) is 0.297. The Kier molecular flexibility index (Phi) is 7.40. The fourth-order valence-corrected chi connectivity index (χ4v) is 3.45. The standard InChI is InChI=1S/C24H16F2O6.C2H6/c1-12-23(29)19(26)8-17-22(15-5-3-14(10-27)4-6-15)16-7-18(25)21(31-11-30-13(2)28)9-20(16)32-24(12)17;1-2/h3-10H,11H2,1-2H3;1-2H3. The average molecular weight is 468 g/mol. The first-order valence-electron chi connectivity index (χ1n) is 10.5. The van der Waals surface area contributed by atoms with Crippen LogP contribution < -0.4 is 10.2 Å². The van der Waals surface area contributed by atoms with Crippen LogP contribution in [0.2, 0.25) is 0 Å². The van der Waals surface area contributed by atoms with E-state index in [1.165, 1.54) is 19.9 Å². The van der Waals surface area contributed by atoms with Crippen LogP contribution in [0.4, 0.5) is 8.78 Å². The van der Waals surface area contributed by atoms with Crippen molar-refractivity contribution in [3.05, 3.63) is 75.4 Å². The van der Waals surface area contributed by atoms with Gasteiger partial charge in [-0.15, -0.1) is 0 Å². The Hall–Kier alpha value is -4.07. The number of fused-ring (bicyclic) bond motifs is 2. The number of benzene rings is 3. The molecule has 0 N–H and O–H groups in total. The molecule has 0 spiro atoms. The minimum absolute atomic E-state index is 0.0550. The van der Waals surface area contributed by atoms with Crippen LogP contribution in [0.15, 0.2) is 51.7 Å². The molecular weight excluding hydrogens is 446 g/mol. The number of aldehydes is 1. The van der Waals surface area contributed by atoms with E-state index in [1.807, 2.05) is 13.8 Å². The molecule has 1 aliphatic carbocycles. The molecule has 8 heteroatoms. The molecule has 176 valence electrons. The van der Waals surface area contributed by atoms with Gasteiger partial charge in [0.2, 0.25) is 12.2 Å². The van der Waals surface area contributed by atoms with Crippen LogP contribution in [0.25, 0.3) is 33.4 Å². The SMILES string of the molecule is CC.CC(=O)OCOc1cc2oc3c(C)c(=O)c(F)cc-3c(-c3ccc(C=O)cc3)c2cc1F. The Balaban J connectivity index is 0.00000158. The lowest BCUT2D eigenvalue weighted by Gasteiger charge is -2.18. The van der Waals surface area contributed by atoms with Crippen LogP contribution in [0.3, 0.4) is 0 Å². The van der Waals surface area contributed by atoms with Gasteiger partial charge in [-0.1, -0.05) is 38.1 Å². The second-order valence-electron chi connectivity index (χ2n) is 7.08. The summed E-state index contributed by atoms with van der Waals surface area (Å²) in [6.07, 6.45) is 0.681. The van der Waals surface area contributed by atoms with Crippen molar-refractivity contribution in [2.24, 2.45) is 0 Å². The molecule has 0 saturated heterocycles. The van der Waals surface area contributed by atoms with Crippen molar-refractivity contribution in [3.63, 3.8) is 0 Å². The van der Waals surface area contributed by atoms with E-state index in [-0.39, 0.29) is 28.2 Å². The zero-order valence-electron chi connectivity index (χ0n) is 19.0. The minimum Gasteiger partial charge on any atom is -0.455 e. The first-order valence-corrected chi connectivity index (χ1v) is 10.5. The summed E-state index contributed by atoms with van der Waals surface area (Å²) in [4.78, 5) is 34.1. The lowest BCUT2D eigenvalue weighted by molar-refractivity contribution is -0.147. The minimum atomic E-state index is -0.961. The second kappa shape index (κ2) is 10.2. The highest BCUT2D eigenvalue weighted by atomic mass is 19.1. The van der Waals surface area contributed by atoms with Crippen LogP contribution in [-0.2, 0) is 9.53 Å². The number of rotatable bonds is 5. The fourth-order valence-electron chi connectivity index (χ4n) is 3.45. The van der Waals surface area contributed by atoms with E-state index < -0.39 is 29.8 Å². The Bertz CT molecular complexity index is 1390. The van der Waals surface area contributed by atoms with Gasteiger partial charge < -0.3 is 13.9 Å². The van der Waals surface area contributed by atoms with E-state index in [0.717, 1.165) is 12.1 Å². The zero-order valence-corrected chi connectivity index (χ0v) is 19.0. The largest absolute Gasteiger partial charge is 0.455 e. The molecule has 0 amide bonds. The first-order chi connectivity index (χ1) is 16.3. The zero-order chi connectivity index (χ0) is 25.0. The van der Waals surface area contributed by atoms with Crippen molar-refractivity contribution in [2.45, 2.75) is 27.7 Å². The Morgan fingerprint density at radius 1 is 1.06 bits per heavy atom. The van der Waals surface area contributed by atoms with Gasteiger partial charge in [0.05, 0.1) is 0 Å². The molecule has 4 rings (SSSR count). The van der Waals surface area contributed by atoms with Crippen molar-refractivity contribution in [2.75, 3.05) is 6.79 Å². The molecule has 0 saturated carbocycles. The van der Waals surface area contributed by atoms with Gasteiger partial charge in [-0.3, -0.25) is 14.4 Å². The van der Waals surface area contributed by atoms with E-state index in [4.69, 9.17) is 9.15 Å². The first kappa shape index (κ1) is 24.6. The summed E-state index contributed by atoms with van der Waals surface area (Å²) < 4.78 is 44.9. The molecule has 1 heterocycles. The van der Waals surface area contributed by atoms with Gasteiger partial charge in [0.15, 0.2) is 17.4 Å². The number of hydrogen-bond acceptors (Lipinski definition) is 6. The maximum absolute atomic E-state index is 14.8. The Morgan fingerprint density at radius 3 is 2.35 bits per heavy atom. The smallest absolute Gasteiger partial charge is 0.305 e. The predicted molar refractivity (Wildman–Crippen MR) is 123 cm³/mol. The van der Waals surface area contributed by atoms with Crippen LogP contribution in [0.5, 0.6) is 5.75 Å². The third kappa shape index (κ3) is 4.66. The molecular formula is C26H22F2O6. The normalized spacial score (nSPS) is 10.5. The van der Waals surface area contributed by atoms with Crippen molar-refractivity contribution in [1.82, 2.24) is 0 Å². The molecule has 0 bridgehead atoms. The van der Waals surface area contributed by atoms with Crippen LogP contribution in [0, 0.1) is 18.6 Å². The Morgan fingerprint density at radius 2 is 1.74 bits per heavy atom. The van der Waals surface area contributed by atoms with Gasteiger partial charge in [0.1, 0.15) is 17.6 Å². The molecule has 0 unspecified atom stereocenters. The van der Waals surface area contributed by atoms with E-state index >= 15 is 0 Å². The van der Waals surface area contributed by atoms with Gasteiger partial charge in [-0.2, -0.15) is 0 Å². The highest BCUT2D eigenvalue weighted by molar-refractivity contribution is 6.02. The fraction of sp³-hybridized carbons (Fsp3) is 0.192. The lowest BCUT2D eigenvalue weighted by atomic mass is 9.91. The summed E-state index contributed by atoms with van der Waals surface area (Å²) in [5.41, 5.74) is 1.10. The number of hydrogen-bond donors (Lipinski definition) is 0. The summed E-state index contributed by atoms with van der Waals surface area (Å²) in [6.45, 7) is 6.12. The van der Waals surface area contributed by atoms with Gasteiger partial charge >= 0.3 is 5.97 Å². The summed E-state index contributed by atoms with van der Waals surface area (Å²) >= 11 is 0. The monoisotopic (exact) mass is 468 g/mol. The quantitative estimate of drug-likeness (QED) is 0.157. The van der Waals surface area contributed by atoms with Crippen molar-refractivity contribution >= 4 is 23.2 Å². The number of halogens is 2. The molecule has 0 radical (unpaired) electrons. The third-order valence-electron chi connectivity index (χ3n) is 5.01. The second-order valence-corrected chi connectivity index (χ2v) is 7.08. The van der Waals surface area contributed by atoms with Crippen LogP contribution in [-0.4, -0.2) is 19.0 Å². The molecule has 0 fully saturated rings. The van der Waals surface area contributed by atoms with Gasteiger partial charge in [-0.05, 0) is 24.6 Å².